The molecule has 1 fully saturated rings. The Labute approximate surface area is 188 Å². The molecule has 164 valence electrons. The fraction of sp³-hybridized carbons (Fsp3) is 0.308. The van der Waals surface area contributed by atoms with E-state index in [2.05, 4.69) is 15.3 Å². The van der Waals surface area contributed by atoms with Crippen LogP contribution in [0.1, 0.15) is 59.8 Å². The molecule has 0 bridgehead atoms. The van der Waals surface area contributed by atoms with E-state index >= 15 is 0 Å². The van der Waals surface area contributed by atoms with Crippen molar-refractivity contribution in [3.8, 4) is 0 Å². The van der Waals surface area contributed by atoms with Gasteiger partial charge in [-0.1, -0.05) is 79.9 Å². The molecule has 4 rings (SSSR count). The van der Waals surface area contributed by atoms with Gasteiger partial charge < -0.3 is 10.2 Å². The first kappa shape index (κ1) is 21.7. The zero-order chi connectivity index (χ0) is 22.2. The van der Waals surface area contributed by atoms with Crippen molar-refractivity contribution >= 4 is 11.8 Å². The Morgan fingerprint density at radius 1 is 0.938 bits per heavy atom. The van der Waals surface area contributed by atoms with Gasteiger partial charge >= 0.3 is 0 Å². The van der Waals surface area contributed by atoms with E-state index in [1.54, 1.807) is 4.90 Å². The summed E-state index contributed by atoms with van der Waals surface area (Å²) in [6.07, 6.45) is 9.87. The maximum absolute atomic E-state index is 13.6. The third kappa shape index (κ3) is 5.38. The number of rotatable bonds is 7. The lowest BCUT2D eigenvalue weighted by Gasteiger charge is -2.33. The van der Waals surface area contributed by atoms with Crippen LogP contribution in [0, 0.1) is 0 Å². The monoisotopic (exact) mass is 428 g/mol. The van der Waals surface area contributed by atoms with Crippen LogP contribution in [0.15, 0.2) is 79.3 Å². The maximum atomic E-state index is 13.6. The second-order valence-electron chi connectivity index (χ2n) is 8.17. The van der Waals surface area contributed by atoms with Crippen molar-refractivity contribution in [2.45, 2.75) is 50.7 Å². The second-order valence-corrected chi connectivity index (χ2v) is 8.17. The maximum Gasteiger partial charge on any atom is 0.275 e. The van der Waals surface area contributed by atoms with Gasteiger partial charge in [0, 0.05) is 25.0 Å². The Morgan fingerprint density at radius 2 is 1.62 bits per heavy atom. The molecule has 2 aromatic carbocycles. The van der Waals surface area contributed by atoms with Crippen LogP contribution in [-0.2, 0) is 11.3 Å². The van der Waals surface area contributed by atoms with Crippen LogP contribution in [0.4, 0.5) is 0 Å². The lowest BCUT2D eigenvalue weighted by atomic mass is 9.94. The Kier molecular flexibility index (Phi) is 7.23. The summed E-state index contributed by atoms with van der Waals surface area (Å²) in [5, 5.41) is 3.22. The number of carbonyl (C=O) groups excluding carboxylic acids is 2. The Morgan fingerprint density at radius 3 is 2.28 bits per heavy atom. The highest BCUT2D eigenvalue weighted by atomic mass is 16.2. The highest BCUT2D eigenvalue weighted by Gasteiger charge is 2.34. The topological polar surface area (TPSA) is 75.2 Å². The SMILES string of the molecule is O=C(NC1CCCCC1)[C@@H](c1ccccc1)N(Cc1ccccc1)C(=O)c1cnccn1. The third-order valence-corrected chi connectivity index (χ3v) is 5.87. The normalized spacial score (nSPS) is 15.0. The van der Waals surface area contributed by atoms with Crippen LogP contribution in [0.3, 0.4) is 0 Å². The third-order valence-electron chi connectivity index (χ3n) is 5.87. The largest absolute Gasteiger partial charge is 0.351 e. The molecule has 1 N–H and O–H groups in total. The number of hydrogen-bond acceptors (Lipinski definition) is 4. The predicted molar refractivity (Wildman–Crippen MR) is 123 cm³/mol. The number of carbonyl (C=O) groups is 2. The molecule has 6 nitrogen and oxygen atoms in total. The van der Waals surface area contributed by atoms with E-state index in [0.717, 1.165) is 36.8 Å². The molecule has 1 heterocycles. The fourth-order valence-corrected chi connectivity index (χ4v) is 4.25. The fourth-order valence-electron chi connectivity index (χ4n) is 4.25. The van der Waals surface area contributed by atoms with Crippen LogP contribution in [0.2, 0.25) is 0 Å². The average molecular weight is 429 g/mol. The number of amides is 2. The van der Waals surface area contributed by atoms with Gasteiger partial charge in [-0.05, 0) is 24.0 Å². The van der Waals surface area contributed by atoms with Crippen molar-refractivity contribution in [2.24, 2.45) is 0 Å². The summed E-state index contributed by atoms with van der Waals surface area (Å²) in [6, 6.07) is 18.6. The second kappa shape index (κ2) is 10.7. The summed E-state index contributed by atoms with van der Waals surface area (Å²) >= 11 is 0. The molecule has 0 spiro atoms. The Bertz CT molecular complexity index is 1010. The summed E-state index contributed by atoms with van der Waals surface area (Å²) in [5.74, 6) is -0.481. The van der Waals surface area contributed by atoms with Crippen molar-refractivity contribution in [1.82, 2.24) is 20.2 Å². The van der Waals surface area contributed by atoms with E-state index < -0.39 is 6.04 Å². The molecule has 6 heteroatoms. The number of nitrogens with zero attached hydrogens (tertiary/aromatic N) is 3. The Hall–Kier alpha value is -3.54. The van der Waals surface area contributed by atoms with Crippen molar-refractivity contribution < 1.29 is 9.59 Å². The van der Waals surface area contributed by atoms with E-state index in [9.17, 15) is 9.59 Å². The number of aromatic nitrogens is 2. The predicted octanol–water partition coefficient (Wildman–Crippen LogP) is 4.31. The van der Waals surface area contributed by atoms with E-state index in [-0.39, 0.29) is 30.1 Å². The first-order valence-electron chi connectivity index (χ1n) is 11.2. The quantitative estimate of drug-likeness (QED) is 0.609. The molecule has 1 aromatic heterocycles. The summed E-state index contributed by atoms with van der Waals surface area (Å²) < 4.78 is 0. The van der Waals surface area contributed by atoms with Gasteiger partial charge in [0.1, 0.15) is 11.7 Å². The van der Waals surface area contributed by atoms with E-state index in [1.807, 2.05) is 60.7 Å². The van der Waals surface area contributed by atoms with Gasteiger partial charge in [-0.15, -0.1) is 0 Å². The summed E-state index contributed by atoms with van der Waals surface area (Å²) in [6.45, 7) is 0.286. The van der Waals surface area contributed by atoms with Crippen molar-refractivity contribution in [2.75, 3.05) is 0 Å². The van der Waals surface area contributed by atoms with Gasteiger partial charge in [0.2, 0.25) is 5.91 Å². The van der Waals surface area contributed by atoms with Gasteiger partial charge in [-0.2, -0.15) is 0 Å². The van der Waals surface area contributed by atoms with Crippen LogP contribution in [0.25, 0.3) is 0 Å². The molecule has 0 aliphatic heterocycles. The molecule has 0 unspecified atom stereocenters. The minimum atomic E-state index is -0.771. The van der Waals surface area contributed by atoms with Crippen LogP contribution >= 0.6 is 0 Å². The first-order chi connectivity index (χ1) is 15.7. The molecular formula is C26H28N4O2. The molecule has 1 aliphatic rings. The minimum absolute atomic E-state index is 0.146. The number of nitrogens with one attached hydrogen (secondary N) is 1. The molecule has 1 aliphatic carbocycles. The van der Waals surface area contributed by atoms with Crippen molar-refractivity contribution in [3.63, 3.8) is 0 Å². The van der Waals surface area contributed by atoms with Gasteiger partial charge in [0.25, 0.3) is 5.91 Å². The van der Waals surface area contributed by atoms with Crippen LogP contribution in [-0.4, -0.2) is 32.7 Å². The lowest BCUT2D eigenvalue weighted by molar-refractivity contribution is -0.127. The summed E-state index contributed by atoms with van der Waals surface area (Å²) in [4.78, 5) is 37.1. The molecule has 2 amide bonds. The molecule has 0 radical (unpaired) electrons. The van der Waals surface area contributed by atoms with E-state index in [0.29, 0.717) is 0 Å². The standard InChI is InChI=1S/C26H28N4O2/c31-25(29-22-14-8-3-9-15-22)24(21-12-6-2-7-13-21)30(19-20-10-4-1-5-11-20)26(32)23-18-27-16-17-28-23/h1-2,4-7,10-13,16-18,22,24H,3,8-9,14-15,19H2,(H,29,31)/t24-/m1/s1. The summed E-state index contributed by atoms with van der Waals surface area (Å²) in [7, 11) is 0. The molecule has 32 heavy (non-hydrogen) atoms. The summed E-state index contributed by atoms with van der Waals surface area (Å²) in [5.41, 5.74) is 1.93. The van der Waals surface area contributed by atoms with Gasteiger partial charge in [0.05, 0.1) is 6.20 Å². The van der Waals surface area contributed by atoms with Gasteiger partial charge in [-0.25, -0.2) is 4.98 Å². The highest BCUT2D eigenvalue weighted by molar-refractivity contribution is 5.96. The van der Waals surface area contributed by atoms with Crippen LogP contribution < -0.4 is 5.32 Å². The van der Waals surface area contributed by atoms with Gasteiger partial charge in [0.15, 0.2) is 0 Å². The zero-order valence-electron chi connectivity index (χ0n) is 18.1. The van der Waals surface area contributed by atoms with Crippen LogP contribution in [0.5, 0.6) is 0 Å². The molecule has 1 saturated carbocycles. The van der Waals surface area contributed by atoms with Crippen molar-refractivity contribution in [1.29, 1.82) is 0 Å². The molecule has 0 saturated heterocycles. The Balaban J connectivity index is 1.71. The van der Waals surface area contributed by atoms with E-state index in [4.69, 9.17) is 0 Å². The van der Waals surface area contributed by atoms with Crippen molar-refractivity contribution in [3.05, 3.63) is 96.1 Å². The van der Waals surface area contributed by atoms with Gasteiger partial charge in [-0.3, -0.25) is 14.6 Å². The number of hydrogen-bond donors (Lipinski definition) is 1. The minimum Gasteiger partial charge on any atom is -0.351 e. The first-order valence-corrected chi connectivity index (χ1v) is 11.2. The molecule has 3 aromatic rings. The number of benzene rings is 2. The lowest BCUT2D eigenvalue weighted by Crippen LogP contribution is -2.47. The van der Waals surface area contributed by atoms with E-state index in [1.165, 1.54) is 25.0 Å². The highest BCUT2D eigenvalue weighted by Crippen LogP contribution is 2.27. The smallest absolute Gasteiger partial charge is 0.275 e. The molecule has 1 atom stereocenters. The molecular weight excluding hydrogens is 400 g/mol. The average Bonchev–Trinajstić information content (AvgIpc) is 2.86. The zero-order valence-corrected chi connectivity index (χ0v) is 18.1.